The first-order valence-corrected chi connectivity index (χ1v) is 7.53. The van der Waals surface area contributed by atoms with Gasteiger partial charge in [-0.05, 0) is 39.0 Å². The molecule has 0 bridgehead atoms. The van der Waals surface area contributed by atoms with Gasteiger partial charge in [0.2, 0.25) is 0 Å². The van der Waals surface area contributed by atoms with Crippen LogP contribution in [0, 0.1) is 0 Å². The highest BCUT2D eigenvalue weighted by molar-refractivity contribution is 5.94. The predicted octanol–water partition coefficient (Wildman–Crippen LogP) is 1.91. The third-order valence-electron chi connectivity index (χ3n) is 3.36. The molecule has 0 aliphatic heterocycles. The molecule has 1 aromatic heterocycles. The second-order valence-electron chi connectivity index (χ2n) is 5.41. The number of carbonyl (C=O) groups excluding carboxylic acids is 2. The summed E-state index contributed by atoms with van der Waals surface area (Å²) in [6.45, 7) is 4.86. The van der Waals surface area contributed by atoms with E-state index < -0.39 is 12.1 Å². The summed E-state index contributed by atoms with van der Waals surface area (Å²) < 4.78 is 5.60. The van der Waals surface area contributed by atoms with Crippen molar-refractivity contribution in [1.29, 1.82) is 0 Å². The smallest absolute Gasteiger partial charge is 0.261 e. The molecule has 126 valence electrons. The number of anilines is 1. The summed E-state index contributed by atoms with van der Waals surface area (Å²) in [6, 6.07) is 7.87. The van der Waals surface area contributed by atoms with Gasteiger partial charge >= 0.3 is 0 Å². The van der Waals surface area contributed by atoms with Crippen molar-refractivity contribution < 1.29 is 14.3 Å². The number of ketones is 1. The SMILES string of the molecule is CC(=O)c1cccc(OC(C)C(=O)NC(C)c2nccc(N)n2)c1. The lowest BCUT2D eigenvalue weighted by Gasteiger charge is -2.18. The van der Waals surface area contributed by atoms with Gasteiger partial charge in [0.15, 0.2) is 17.7 Å². The number of amides is 1. The van der Waals surface area contributed by atoms with Gasteiger partial charge in [0.05, 0.1) is 6.04 Å². The Morgan fingerprint density at radius 1 is 1.25 bits per heavy atom. The van der Waals surface area contributed by atoms with E-state index in [4.69, 9.17) is 10.5 Å². The van der Waals surface area contributed by atoms with Crippen molar-refractivity contribution in [2.45, 2.75) is 32.9 Å². The normalized spacial score (nSPS) is 13.0. The number of nitrogens with two attached hydrogens (primary N) is 1. The summed E-state index contributed by atoms with van der Waals surface area (Å²) in [5.41, 5.74) is 6.14. The molecular weight excluding hydrogens is 308 g/mol. The van der Waals surface area contributed by atoms with E-state index >= 15 is 0 Å². The predicted molar refractivity (Wildman–Crippen MR) is 89.5 cm³/mol. The minimum Gasteiger partial charge on any atom is -0.481 e. The summed E-state index contributed by atoms with van der Waals surface area (Å²) in [5.74, 6) is 0.838. The number of carbonyl (C=O) groups is 2. The number of nitrogen functional groups attached to an aromatic ring is 1. The number of ether oxygens (including phenoxy) is 1. The number of Topliss-reactive ketones (excluding diaryl/α,β-unsaturated/α-hetero) is 1. The number of hydrogen-bond acceptors (Lipinski definition) is 6. The average Bonchev–Trinajstić information content (AvgIpc) is 2.54. The maximum atomic E-state index is 12.2. The molecule has 0 saturated heterocycles. The molecule has 0 aliphatic rings. The molecule has 2 rings (SSSR count). The number of hydrogen-bond donors (Lipinski definition) is 2. The Bertz CT molecular complexity index is 748. The Morgan fingerprint density at radius 3 is 2.67 bits per heavy atom. The third kappa shape index (κ3) is 4.52. The molecule has 0 fully saturated rings. The molecule has 3 N–H and O–H groups in total. The number of nitrogens with zero attached hydrogens (tertiary/aromatic N) is 2. The van der Waals surface area contributed by atoms with Gasteiger partial charge in [0.25, 0.3) is 5.91 Å². The molecule has 0 saturated carbocycles. The van der Waals surface area contributed by atoms with Crippen molar-refractivity contribution >= 4 is 17.5 Å². The summed E-state index contributed by atoms with van der Waals surface area (Å²) in [5, 5.41) is 2.77. The fourth-order valence-corrected chi connectivity index (χ4v) is 2.04. The molecule has 7 heteroatoms. The van der Waals surface area contributed by atoms with Crippen LogP contribution in [0.1, 0.15) is 43.0 Å². The van der Waals surface area contributed by atoms with Gasteiger partial charge in [0.1, 0.15) is 11.6 Å². The van der Waals surface area contributed by atoms with Crippen LogP contribution in [0.25, 0.3) is 0 Å². The van der Waals surface area contributed by atoms with Crippen LogP contribution in [-0.2, 0) is 4.79 Å². The Morgan fingerprint density at radius 2 is 2.00 bits per heavy atom. The maximum Gasteiger partial charge on any atom is 0.261 e. The van der Waals surface area contributed by atoms with Crippen molar-refractivity contribution in [2.24, 2.45) is 0 Å². The minimum atomic E-state index is -0.740. The average molecular weight is 328 g/mol. The van der Waals surface area contributed by atoms with Gasteiger partial charge in [-0.25, -0.2) is 9.97 Å². The van der Waals surface area contributed by atoms with E-state index in [9.17, 15) is 9.59 Å². The van der Waals surface area contributed by atoms with Gasteiger partial charge in [-0.2, -0.15) is 0 Å². The van der Waals surface area contributed by atoms with E-state index in [1.807, 2.05) is 0 Å². The summed E-state index contributed by atoms with van der Waals surface area (Å²) >= 11 is 0. The summed E-state index contributed by atoms with van der Waals surface area (Å²) in [7, 11) is 0. The molecule has 2 aromatic rings. The quantitative estimate of drug-likeness (QED) is 0.784. The number of benzene rings is 1. The molecule has 2 atom stereocenters. The molecule has 0 aliphatic carbocycles. The van der Waals surface area contributed by atoms with Crippen molar-refractivity contribution in [3.8, 4) is 5.75 Å². The highest BCUT2D eigenvalue weighted by Gasteiger charge is 2.19. The van der Waals surface area contributed by atoms with Crippen LogP contribution < -0.4 is 15.8 Å². The molecule has 24 heavy (non-hydrogen) atoms. The monoisotopic (exact) mass is 328 g/mol. The van der Waals surface area contributed by atoms with Gasteiger partial charge in [-0.1, -0.05) is 12.1 Å². The van der Waals surface area contributed by atoms with Gasteiger partial charge in [-0.3, -0.25) is 9.59 Å². The lowest BCUT2D eigenvalue weighted by molar-refractivity contribution is -0.128. The van der Waals surface area contributed by atoms with Crippen molar-refractivity contribution in [3.63, 3.8) is 0 Å². The molecule has 0 spiro atoms. The van der Waals surface area contributed by atoms with Crippen LogP contribution in [0.15, 0.2) is 36.5 Å². The molecule has 1 heterocycles. The third-order valence-corrected chi connectivity index (χ3v) is 3.36. The van der Waals surface area contributed by atoms with Crippen LogP contribution in [0.5, 0.6) is 5.75 Å². The number of nitrogens with one attached hydrogen (secondary N) is 1. The van der Waals surface area contributed by atoms with Crippen LogP contribution >= 0.6 is 0 Å². The second-order valence-corrected chi connectivity index (χ2v) is 5.41. The second kappa shape index (κ2) is 7.54. The van der Waals surface area contributed by atoms with Crippen LogP contribution in [-0.4, -0.2) is 27.8 Å². The van der Waals surface area contributed by atoms with Crippen LogP contribution in [0.2, 0.25) is 0 Å². The maximum absolute atomic E-state index is 12.2. The van der Waals surface area contributed by atoms with E-state index in [2.05, 4.69) is 15.3 Å². The zero-order chi connectivity index (χ0) is 17.7. The summed E-state index contributed by atoms with van der Waals surface area (Å²) in [4.78, 5) is 31.8. The lowest BCUT2D eigenvalue weighted by atomic mass is 10.1. The first-order valence-electron chi connectivity index (χ1n) is 7.53. The largest absolute Gasteiger partial charge is 0.481 e. The van der Waals surface area contributed by atoms with Crippen LogP contribution in [0.3, 0.4) is 0 Å². The summed E-state index contributed by atoms with van der Waals surface area (Å²) in [6.07, 6.45) is 0.795. The highest BCUT2D eigenvalue weighted by atomic mass is 16.5. The number of rotatable bonds is 6. The van der Waals surface area contributed by atoms with E-state index in [0.29, 0.717) is 23.0 Å². The Kier molecular flexibility index (Phi) is 5.47. The molecular formula is C17H20N4O3. The van der Waals surface area contributed by atoms with E-state index in [0.717, 1.165) is 0 Å². The van der Waals surface area contributed by atoms with Gasteiger partial charge in [0, 0.05) is 11.8 Å². The zero-order valence-corrected chi connectivity index (χ0v) is 13.8. The standard InChI is InChI=1S/C17H20N4O3/c1-10(16-19-8-7-15(18)21-16)20-17(23)12(3)24-14-6-4-5-13(9-14)11(2)22/h4-10,12H,1-3H3,(H,20,23)(H2,18,19,21). The van der Waals surface area contributed by atoms with Crippen molar-refractivity contribution in [3.05, 3.63) is 47.9 Å². The molecule has 2 unspecified atom stereocenters. The Labute approximate surface area is 140 Å². The van der Waals surface area contributed by atoms with Crippen molar-refractivity contribution in [1.82, 2.24) is 15.3 Å². The van der Waals surface area contributed by atoms with Gasteiger partial charge in [-0.15, -0.1) is 0 Å². The molecule has 7 nitrogen and oxygen atoms in total. The lowest BCUT2D eigenvalue weighted by Crippen LogP contribution is -2.38. The molecule has 0 radical (unpaired) electrons. The molecule has 1 amide bonds. The van der Waals surface area contributed by atoms with Gasteiger partial charge < -0.3 is 15.8 Å². The Hall–Kier alpha value is -2.96. The van der Waals surface area contributed by atoms with E-state index in [-0.39, 0.29) is 11.7 Å². The van der Waals surface area contributed by atoms with E-state index in [1.165, 1.54) is 13.1 Å². The first-order chi connectivity index (χ1) is 11.4. The topological polar surface area (TPSA) is 107 Å². The minimum absolute atomic E-state index is 0.0648. The number of aromatic nitrogens is 2. The van der Waals surface area contributed by atoms with Crippen molar-refractivity contribution in [2.75, 3.05) is 5.73 Å². The zero-order valence-electron chi connectivity index (χ0n) is 13.8. The molecule has 1 aromatic carbocycles. The fourth-order valence-electron chi connectivity index (χ4n) is 2.04. The Balaban J connectivity index is 1.99. The van der Waals surface area contributed by atoms with Crippen LogP contribution in [0.4, 0.5) is 5.82 Å². The fraction of sp³-hybridized carbons (Fsp3) is 0.294. The first kappa shape index (κ1) is 17.4. The van der Waals surface area contributed by atoms with E-state index in [1.54, 1.807) is 44.2 Å². The highest BCUT2D eigenvalue weighted by Crippen LogP contribution is 2.16.